The van der Waals surface area contributed by atoms with Crippen molar-refractivity contribution < 1.29 is 63.7 Å². The number of likely N-dealkylation sites (tertiary alicyclic amines) is 1. The Labute approximate surface area is 346 Å². The Kier molecular flexibility index (Phi) is 17.2. The molecule has 0 radical (unpaired) electrons. The number of aromatic carboxylic acids is 1. The van der Waals surface area contributed by atoms with E-state index < -0.39 is 41.0 Å². The second-order valence-electron chi connectivity index (χ2n) is 13.7. The number of carboxylic acid groups (broad SMARTS) is 3. The summed E-state index contributed by atoms with van der Waals surface area (Å²) < 4.78 is 16.7. The number of carbonyl (C=O) groups is 5. The van der Waals surface area contributed by atoms with E-state index in [1.165, 1.54) is 65.0 Å². The van der Waals surface area contributed by atoms with Crippen LogP contribution in [0.5, 0.6) is 23.0 Å². The molecule has 1 saturated heterocycles. The first-order chi connectivity index (χ1) is 27.9. The summed E-state index contributed by atoms with van der Waals surface area (Å²) in [5.41, 5.74) is 1.55. The number of hydrogen-bond acceptors (Lipinski definition) is 11. The standard InChI is InChI=1S/C21H26ClNO.C19H18O8.C4H4O4/c1-21(17-7-4-3-5-8-17,18-10-12-19(22)13-11-18)24-16-14-20-9-6-15-23(20)2;1-8-5-13(26-4)11(7-20)17(22)14(8)19(25)27-12-6-9(2)16(21)15(10(12)3)18(23)24;5-3(6)1-2-4(7)8/h3-5,7-8,10-13,20H,6,9,14-16H2,1-2H3;5-7,21-22H,1-4H3,(H,23,24);1-2H,(H,5,6)(H,7,8). The quantitative estimate of drug-likeness (QED) is 0.0380. The minimum atomic E-state index is -1.38. The van der Waals surface area contributed by atoms with Crippen LogP contribution in [0.3, 0.4) is 0 Å². The molecule has 1 fully saturated rings. The number of rotatable bonds is 13. The highest BCUT2D eigenvalue weighted by Gasteiger charge is 2.31. The molecule has 15 heteroatoms. The molecule has 1 aliphatic rings. The number of aromatic hydroxyl groups is 2. The molecule has 2 unspecified atom stereocenters. The van der Waals surface area contributed by atoms with Gasteiger partial charge < -0.3 is 44.6 Å². The van der Waals surface area contributed by atoms with Gasteiger partial charge in [-0.25, -0.2) is 19.2 Å². The van der Waals surface area contributed by atoms with Crippen LogP contribution < -0.4 is 9.47 Å². The average molecular weight is 834 g/mol. The van der Waals surface area contributed by atoms with Crippen LogP contribution in [0.25, 0.3) is 0 Å². The maximum Gasteiger partial charge on any atom is 0.347 e. The van der Waals surface area contributed by atoms with Gasteiger partial charge >= 0.3 is 23.9 Å². The number of nitrogens with zero attached hydrogens (tertiary/aromatic N) is 1. The van der Waals surface area contributed by atoms with Gasteiger partial charge in [0, 0.05) is 35.4 Å². The normalized spacial score (nSPS) is 14.5. The number of phenolic OH excluding ortho intramolecular Hbond substituents is 1. The Morgan fingerprint density at radius 3 is 1.93 bits per heavy atom. The van der Waals surface area contributed by atoms with Gasteiger partial charge in [0.05, 0.1) is 12.7 Å². The number of halogens is 1. The first-order valence-electron chi connectivity index (χ1n) is 18.3. The second-order valence-corrected chi connectivity index (χ2v) is 14.2. The fourth-order valence-corrected chi connectivity index (χ4v) is 6.58. The van der Waals surface area contributed by atoms with Crippen LogP contribution in [-0.4, -0.2) is 93.9 Å². The highest BCUT2D eigenvalue weighted by Crippen LogP contribution is 2.37. The fraction of sp³-hybridized carbons (Fsp3) is 0.295. The third kappa shape index (κ3) is 12.4. The van der Waals surface area contributed by atoms with Gasteiger partial charge in [0.15, 0.2) is 6.29 Å². The van der Waals surface area contributed by atoms with Crippen molar-refractivity contribution in [2.24, 2.45) is 0 Å². The van der Waals surface area contributed by atoms with Crippen molar-refractivity contribution in [2.45, 2.75) is 58.6 Å². The first kappa shape index (κ1) is 47.2. The molecule has 314 valence electrons. The Hall–Kier alpha value is -6.22. The van der Waals surface area contributed by atoms with Gasteiger partial charge in [-0.05, 0) is 107 Å². The molecule has 5 N–H and O–H groups in total. The fourth-order valence-electron chi connectivity index (χ4n) is 6.46. The molecular formula is C44H48ClNO13. The molecule has 59 heavy (non-hydrogen) atoms. The number of carboxylic acids is 3. The molecule has 0 bridgehead atoms. The predicted molar refractivity (Wildman–Crippen MR) is 219 cm³/mol. The molecule has 1 aliphatic heterocycles. The molecular weight excluding hydrogens is 786 g/mol. The van der Waals surface area contributed by atoms with Gasteiger partial charge in [0.25, 0.3) is 0 Å². The van der Waals surface area contributed by atoms with Gasteiger partial charge in [-0.1, -0.05) is 54.1 Å². The van der Waals surface area contributed by atoms with Crippen molar-refractivity contribution in [3.63, 3.8) is 0 Å². The lowest BCUT2D eigenvalue weighted by Crippen LogP contribution is -2.31. The van der Waals surface area contributed by atoms with Crippen molar-refractivity contribution in [3.05, 3.63) is 128 Å². The zero-order valence-electron chi connectivity index (χ0n) is 33.5. The number of esters is 1. The van der Waals surface area contributed by atoms with Crippen LogP contribution in [0, 0.1) is 20.8 Å². The van der Waals surface area contributed by atoms with Crippen molar-refractivity contribution >= 4 is 41.8 Å². The Balaban J connectivity index is 0.000000268. The van der Waals surface area contributed by atoms with Gasteiger partial charge in [-0.15, -0.1) is 0 Å². The number of aliphatic carboxylic acids is 2. The van der Waals surface area contributed by atoms with Crippen molar-refractivity contribution in [3.8, 4) is 23.0 Å². The summed E-state index contributed by atoms with van der Waals surface area (Å²) in [5, 5.41) is 45.9. The largest absolute Gasteiger partial charge is 0.507 e. The van der Waals surface area contributed by atoms with E-state index in [4.69, 9.17) is 36.0 Å². The monoisotopic (exact) mass is 833 g/mol. The summed E-state index contributed by atoms with van der Waals surface area (Å²) in [7, 11) is 3.53. The first-order valence-corrected chi connectivity index (χ1v) is 18.7. The van der Waals surface area contributed by atoms with E-state index >= 15 is 0 Å². The molecule has 5 rings (SSSR count). The number of aryl methyl sites for hydroxylation is 2. The predicted octanol–water partition coefficient (Wildman–Crippen LogP) is 7.58. The smallest absolute Gasteiger partial charge is 0.347 e. The molecule has 14 nitrogen and oxygen atoms in total. The molecule has 0 aliphatic carbocycles. The third-order valence-electron chi connectivity index (χ3n) is 9.76. The van der Waals surface area contributed by atoms with Crippen molar-refractivity contribution in [1.29, 1.82) is 0 Å². The van der Waals surface area contributed by atoms with E-state index in [9.17, 15) is 39.3 Å². The average Bonchev–Trinajstić information content (AvgIpc) is 3.60. The van der Waals surface area contributed by atoms with E-state index in [0.29, 0.717) is 30.0 Å². The number of methoxy groups -OCH3 is 1. The highest BCUT2D eigenvalue weighted by molar-refractivity contribution is 6.30. The zero-order valence-corrected chi connectivity index (χ0v) is 34.3. The van der Waals surface area contributed by atoms with E-state index in [2.05, 4.69) is 55.3 Å². The molecule has 1 heterocycles. The third-order valence-corrected chi connectivity index (χ3v) is 10.0. The van der Waals surface area contributed by atoms with Crippen LogP contribution in [-0.2, 0) is 19.9 Å². The van der Waals surface area contributed by atoms with Crippen LogP contribution in [0.4, 0.5) is 0 Å². The van der Waals surface area contributed by atoms with Gasteiger partial charge in [-0.2, -0.15) is 0 Å². The Morgan fingerprint density at radius 2 is 1.42 bits per heavy atom. The van der Waals surface area contributed by atoms with Gasteiger partial charge in [0.1, 0.15) is 39.7 Å². The number of ether oxygens (including phenoxy) is 3. The Morgan fingerprint density at radius 1 is 0.847 bits per heavy atom. The zero-order chi connectivity index (χ0) is 44.0. The summed E-state index contributed by atoms with van der Waals surface area (Å²) >= 11 is 6.07. The molecule has 4 aromatic carbocycles. The van der Waals surface area contributed by atoms with Gasteiger partial charge in [0.2, 0.25) is 0 Å². The van der Waals surface area contributed by atoms with Crippen molar-refractivity contribution in [2.75, 3.05) is 27.3 Å². The van der Waals surface area contributed by atoms with E-state index in [1.54, 1.807) is 0 Å². The summed E-state index contributed by atoms with van der Waals surface area (Å²) in [6, 6.07) is 21.8. The molecule has 0 amide bonds. The Bertz CT molecular complexity index is 2150. The van der Waals surface area contributed by atoms with E-state index in [-0.39, 0.29) is 39.3 Å². The summed E-state index contributed by atoms with van der Waals surface area (Å²) in [5.74, 6) is -5.89. The maximum atomic E-state index is 12.6. The number of hydrogen-bond donors (Lipinski definition) is 5. The van der Waals surface area contributed by atoms with Crippen molar-refractivity contribution in [1.82, 2.24) is 4.90 Å². The highest BCUT2D eigenvalue weighted by atomic mass is 35.5. The lowest BCUT2D eigenvalue weighted by Gasteiger charge is -2.32. The number of carbonyl (C=O) groups excluding carboxylic acids is 2. The van der Waals surface area contributed by atoms with Crippen LogP contribution >= 0.6 is 11.6 Å². The van der Waals surface area contributed by atoms with Crippen LogP contribution in [0.1, 0.15) is 85.1 Å². The summed E-state index contributed by atoms with van der Waals surface area (Å²) in [6.07, 6.45) is 5.12. The lowest BCUT2D eigenvalue weighted by atomic mass is 9.88. The maximum absolute atomic E-state index is 12.6. The lowest BCUT2D eigenvalue weighted by molar-refractivity contribution is -0.134. The summed E-state index contributed by atoms with van der Waals surface area (Å²) in [6.45, 7) is 8.47. The molecule has 0 aromatic heterocycles. The van der Waals surface area contributed by atoms with Gasteiger partial charge in [-0.3, -0.25) is 4.79 Å². The number of benzene rings is 4. The minimum absolute atomic E-state index is 0.0419. The molecule has 4 aromatic rings. The molecule has 0 saturated carbocycles. The summed E-state index contributed by atoms with van der Waals surface area (Å²) in [4.78, 5) is 56.8. The SMILES string of the molecule is CN1CCCC1CCOC(C)(c1ccccc1)c1ccc(Cl)cc1.COc1cc(C)c(C(=O)Oc2cc(C)c(O)c(C(=O)O)c2C)c(O)c1C=O.O=C(O)C=CC(=O)O. The second kappa shape index (κ2) is 21.5. The molecule has 0 spiro atoms. The number of aldehydes is 1. The number of phenols is 2. The minimum Gasteiger partial charge on any atom is -0.507 e. The van der Waals surface area contributed by atoms with Crippen LogP contribution in [0.2, 0.25) is 5.02 Å². The van der Waals surface area contributed by atoms with E-state index in [1.807, 2.05) is 18.2 Å². The molecule has 2 atom stereocenters. The topological polar surface area (TPSA) is 217 Å². The van der Waals surface area contributed by atoms with E-state index in [0.717, 1.165) is 23.6 Å². The van der Waals surface area contributed by atoms with Crippen LogP contribution in [0.15, 0.2) is 78.9 Å².